The van der Waals surface area contributed by atoms with Crippen LogP contribution in [0.3, 0.4) is 0 Å². The molecule has 0 fully saturated rings. The number of nitrogens with one attached hydrogen (secondary N) is 1. The third kappa shape index (κ3) is 3.57. The predicted octanol–water partition coefficient (Wildman–Crippen LogP) is 6.53. The molecule has 2 aromatic heterocycles. The highest BCUT2D eigenvalue weighted by atomic mass is 16.5. The number of pyridine rings is 1. The Morgan fingerprint density at radius 1 is 0.839 bits per heavy atom. The first-order valence-electron chi connectivity index (χ1n) is 10.4. The quantitative estimate of drug-likeness (QED) is 0.362. The van der Waals surface area contributed by atoms with Crippen molar-refractivity contribution >= 4 is 10.8 Å². The van der Waals surface area contributed by atoms with Crippen LogP contribution in [0.4, 0.5) is 0 Å². The molecule has 0 spiro atoms. The topological polar surface area (TPSA) is 50.8 Å². The van der Waals surface area contributed by atoms with Gasteiger partial charge in [0.2, 0.25) is 0 Å². The molecular weight excluding hydrogens is 382 g/mol. The van der Waals surface area contributed by atoms with Crippen LogP contribution in [0.1, 0.15) is 12.5 Å². The third-order valence-corrected chi connectivity index (χ3v) is 5.65. The van der Waals surface area contributed by atoms with E-state index in [1.54, 1.807) is 7.11 Å². The summed E-state index contributed by atoms with van der Waals surface area (Å²) in [5.41, 5.74) is 6.47. The van der Waals surface area contributed by atoms with Crippen LogP contribution in [0.15, 0.2) is 85.2 Å². The van der Waals surface area contributed by atoms with Gasteiger partial charge in [-0.1, -0.05) is 49.4 Å². The first-order chi connectivity index (χ1) is 15.3. The largest absolute Gasteiger partial charge is 0.497 e. The molecule has 152 valence electrons. The summed E-state index contributed by atoms with van der Waals surface area (Å²) in [5, 5.41) is 2.29. The fraction of sp³-hybridized carbons (Fsp3) is 0.111. The van der Waals surface area contributed by atoms with Crippen LogP contribution >= 0.6 is 0 Å². The number of nitrogens with zero attached hydrogens (tertiary/aromatic N) is 2. The Kier molecular flexibility index (Phi) is 4.97. The van der Waals surface area contributed by atoms with Gasteiger partial charge >= 0.3 is 0 Å². The molecule has 31 heavy (non-hydrogen) atoms. The SMILES string of the molecule is CCc1ccccc1-c1nc(-c2ccc3cc(OC)ccc3c2)c(-c2ccncc2)[nH]1. The van der Waals surface area contributed by atoms with Crippen molar-refractivity contribution in [2.75, 3.05) is 7.11 Å². The van der Waals surface area contributed by atoms with Gasteiger partial charge in [-0.3, -0.25) is 4.98 Å². The van der Waals surface area contributed by atoms with Gasteiger partial charge in [0.1, 0.15) is 11.6 Å². The van der Waals surface area contributed by atoms with Gasteiger partial charge in [0, 0.05) is 29.1 Å². The minimum absolute atomic E-state index is 0.857. The second-order valence-electron chi connectivity index (χ2n) is 7.48. The number of methoxy groups -OCH3 is 1. The molecule has 5 aromatic rings. The maximum Gasteiger partial charge on any atom is 0.138 e. The van der Waals surface area contributed by atoms with E-state index in [1.165, 1.54) is 5.56 Å². The van der Waals surface area contributed by atoms with Crippen molar-refractivity contribution in [3.8, 4) is 39.7 Å². The number of aryl methyl sites for hydroxylation is 1. The van der Waals surface area contributed by atoms with Gasteiger partial charge in [-0.2, -0.15) is 0 Å². The van der Waals surface area contributed by atoms with Crippen LogP contribution in [0.25, 0.3) is 44.7 Å². The maximum atomic E-state index is 5.36. The van der Waals surface area contributed by atoms with Crippen LogP contribution in [0.5, 0.6) is 5.75 Å². The van der Waals surface area contributed by atoms with E-state index in [0.29, 0.717) is 0 Å². The summed E-state index contributed by atoms with van der Waals surface area (Å²) >= 11 is 0. The van der Waals surface area contributed by atoms with Crippen molar-refractivity contribution in [3.05, 3.63) is 90.8 Å². The van der Waals surface area contributed by atoms with E-state index >= 15 is 0 Å². The molecule has 0 saturated heterocycles. The molecular formula is C27H23N3O. The normalized spacial score (nSPS) is 11.0. The summed E-state index contributed by atoms with van der Waals surface area (Å²) in [5.74, 6) is 1.74. The van der Waals surface area contributed by atoms with Gasteiger partial charge in [0.15, 0.2) is 0 Å². The molecule has 0 unspecified atom stereocenters. The minimum atomic E-state index is 0.857. The van der Waals surface area contributed by atoms with E-state index in [0.717, 1.165) is 56.8 Å². The lowest BCUT2D eigenvalue weighted by Crippen LogP contribution is -1.89. The molecule has 0 aliphatic heterocycles. The second kappa shape index (κ2) is 8.07. The van der Waals surface area contributed by atoms with Gasteiger partial charge < -0.3 is 9.72 Å². The average molecular weight is 406 g/mol. The smallest absolute Gasteiger partial charge is 0.138 e. The zero-order valence-electron chi connectivity index (χ0n) is 17.6. The molecule has 0 aliphatic carbocycles. The zero-order chi connectivity index (χ0) is 21.2. The van der Waals surface area contributed by atoms with E-state index in [4.69, 9.17) is 9.72 Å². The van der Waals surface area contributed by atoms with Crippen LogP contribution < -0.4 is 4.74 Å². The number of fused-ring (bicyclic) bond motifs is 1. The van der Waals surface area contributed by atoms with Crippen LogP contribution in [0.2, 0.25) is 0 Å². The molecule has 4 heteroatoms. The standard InChI is InChI=1S/C27H23N3O/c1-3-18-6-4-5-7-24(18)27-29-25(19-12-14-28-15-13-19)26(30-27)22-9-8-21-17-23(31-2)11-10-20(21)16-22/h4-17H,3H2,1-2H3,(H,29,30). The predicted molar refractivity (Wildman–Crippen MR) is 126 cm³/mol. The molecule has 3 aromatic carbocycles. The van der Waals surface area contributed by atoms with Gasteiger partial charge in [-0.15, -0.1) is 0 Å². The van der Waals surface area contributed by atoms with Crippen LogP contribution in [-0.4, -0.2) is 22.1 Å². The molecule has 0 aliphatic rings. The Hall–Kier alpha value is -3.92. The van der Waals surface area contributed by atoms with Gasteiger partial charge in [-0.25, -0.2) is 4.98 Å². The molecule has 0 radical (unpaired) electrons. The second-order valence-corrected chi connectivity index (χ2v) is 7.48. The van der Waals surface area contributed by atoms with Crippen molar-refractivity contribution in [1.82, 2.24) is 15.0 Å². The fourth-order valence-electron chi connectivity index (χ4n) is 3.99. The zero-order valence-corrected chi connectivity index (χ0v) is 17.6. The van der Waals surface area contributed by atoms with Crippen LogP contribution in [0, 0.1) is 0 Å². The monoisotopic (exact) mass is 405 g/mol. The molecule has 0 saturated carbocycles. The lowest BCUT2D eigenvalue weighted by molar-refractivity contribution is 0.415. The summed E-state index contributed by atoms with van der Waals surface area (Å²) in [6, 6.07) is 25.0. The maximum absolute atomic E-state index is 5.36. The number of aromatic nitrogens is 3. The summed E-state index contributed by atoms with van der Waals surface area (Å²) in [6.07, 6.45) is 4.58. The van der Waals surface area contributed by atoms with Gasteiger partial charge in [0.25, 0.3) is 0 Å². The summed E-state index contributed by atoms with van der Waals surface area (Å²) in [6.45, 7) is 2.17. The van der Waals surface area contributed by atoms with E-state index < -0.39 is 0 Å². The summed E-state index contributed by atoms with van der Waals surface area (Å²) in [4.78, 5) is 12.8. The molecule has 1 N–H and O–H groups in total. The Morgan fingerprint density at radius 3 is 2.42 bits per heavy atom. The first-order valence-corrected chi connectivity index (χ1v) is 10.4. The summed E-state index contributed by atoms with van der Waals surface area (Å²) < 4.78 is 5.36. The molecule has 0 bridgehead atoms. The van der Waals surface area contributed by atoms with Gasteiger partial charge in [0.05, 0.1) is 18.5 Å². The number of imidazole rings is 1. The minimum Gasteiger partial charge on any atom is -0.497 e. The molecule has 5 rings (SSSR count). The Morgan fingerprint density at radius 2 is 1.61 bits per heavy atom. The summed E-state index contributed by atoms with van der Waals surface area (Å²) in [7, 11) is 1.69. The Balaban J connectivity index is 1.70. The van der Waals surface area contributed by atoms with E-state index in [9.17, 15) is 0 Å². The highest BCUT2D eigenvalue weighted by molar-refractivity contribution is 5.91. The third-order valence-electron chi connectivity index (χ3n) is 5.65. The van der Waals surface area contributed by atoms with Crippen molar-refractivity contribution in [2.24, 2.45) is 0 Å². The number of ether oxygens (including phenoxy) is 1. The van der Waals surface area contributed by atoms with Crippen molar-refractivity contribution < 1.29 is 4.74 Å². The number of aromatic amines is 1. The average Bonchev–Trinajstić information content (AvgIpc) is 3.29. The van der Waals surface area contributed by atoms with Crippen LogP contribution in [-0.2, 0) is 6.42 Å². The first kappa shape index (κ1) is 19.1. The Labute approximate surface area is 181 Å². The molecule has 2 heterocycles. The van der Waals surface area contributed by atoms with Crippen molar-refractivity contribution in [3.63, 3.8) is 0 Å². The highest BCUT2D eigenvalue weighted by Gasteiger charge is 2.17. The number of hydrogen-bond acceptors (Lipinski definition) is 3. The van der Waals surface area contributed by atoms with Crippen molar-refractivity contribution in [2.45, 2.75) is 13.3 Å². The van der Waals surface area contributed by atoms with E-state index in [2.05, 4.69) is 71.5 Å². The lowest BCUT2D eigenvalue weighted by atomic mass is 10.0. The fourth-order valence-corrected chi connectivity index (χ4v) is 3.99. The number of benzene rings is 3. The number of rotatable bonds is 5. The Bertz CT molecular complexity index is 1360. The number of hydrogen-bond donors (Lipinski definition) is 1. The van der Waals surface area contributed by atoms with Crippen molar-refractivity contribution in [1.29, 1.82) is 0 Å². The van der Waals surface area contributed by atoms with Gasteiger partial charge in [-0.05, 0) is 53.1 Å². The molecule has 4 nitrogen and oxygen atoms in total. The molecule has 0 atom stereocenters. The highest BCUT2D eigenvalue weighted by Crippen LogP contribution is 2.35. The lowest BCUT2D eigenvalue weighted by Gasteiger charge is -2.06. The van der Waals surface area contributed by atoms with E-state index in [-0.39, 0.29) is 0 Å². The molecule has 0 amide bonds. The number of H-pyrrole nitrogens is 1. The van der Waals surface area contributed by atoms with E-state index in [1.807, 2.05) is 30.6 Å².